The molecule has 0 spiro atoms. The molecular weight excluding hydrogens is 254 g/mol. The molecule has 2 aromatic rings. The van der Waals surface area contributed by atoms with Crippen molar-refractivity contribution in [2.24, 2.45) is 0 Å². The molecule has 0 amide bonds. The van der Waals surface area contributed by atoms with Crippen LogP contribution in [0.3, 0.4) is 0 Å². The highest BCUT2D eigenvalue weighted by Gasteiger charge is 2.17. The number of benzene rings is 2. The zero-order chi connectivity index (χ0) is 14.5. The highest BCUT2D eigenvalue weighted by atomic mass is 16.3. The fraction of sp³-hybridized carbons (Fsp3) is 0.250. The van der Waals surface area contributed by atoms with E-state index in [0.29, 0.717) is 5.56 Å². The zero-order valence-electron chi connectivity index (χ0n) is 11.3. The molecule has 0 saturated heterocycles. The summed E-state index contributed by atoms with van der Waals surface area (Å²) in [6, 6.07) is 13.6. The fourth-order valence-electron chi connectivity index (χ4n) is 2.22. The van der Waals surface area contributed by atoms with Gasteiger partial charge in [-0.2, -0.15) is 0 Å². The Hall–Kier alpha value is -2.04. The van der Waals surface area contributed by atoms with Crippen molar-refractivity contribution in [1.82, 2.24) is 5.32 Å². The van der Waals surface area contributed by atoms with Gasteiger partial charge in [0.2, 0.25) is 0 Å². The van der Waals surface area contributed by atoms with Crippen molar-refractivity contribution in [3.63, 3.8) is 0 Å². The van der Waals surface area contributed by atoms with Crippen molar-refractivity contribution in [3.05, 3.63) is 59.7 Å². The number of aliphatic hydroxyl groups excluding tert-OH is 1. The van der Waals surface area contributed by atoms with Gasteiger partial charge in [0.1, 0.15) is 11.5 Å². The second kappa shape index (κ2) is 6.41. The number of phenolic OH excluding ortho intramolecular Hbond substituents is 2. The van der Waals surface area contributed by atoms with Gasteiger partial charge in [0.25, 0.3) is 0 Å². The van der Waals surface area contributed by atoms with Crippen molar-refractivity contribution in [3.8, 4) is 11.5 Å². The molecule has 4 nitrogen and oxygen atoms in total. The molecule has 0 aliphatic heterocycles. The summed E-state index contributed by atoms with van der Waals surface area (Å²) in [5.74, 6) is 0.222. The lowest BCUT2D eigenvalue weighted by Crippen LogP contribution is -2.27. The summed E-state index contributed by atoms with van der Waals surface area (Å²) in [5, 5.41) is 32.1. The van der Waals surface area contributed by atoms with E-state index in [0.717, 1.165) is 5.56 Å². The molecule has 0 heterocycles. The van der Waals surface area contributed by atoms with Gasteiger partial charge in [0.05, 0.1) is 12.6 Å². The van der Waals surface area contributed by atoms with Crippen LogP contribution in [0.4, 0.5) is 0 Å². The second-order valence-corrected chi connectivity index (χ2v) is 4.78. The van der Waals surface area contributed by atoms with Crippen molar-refractivity contribution < 1.29 is 15.3 Å². The molecule has 2 aromatic carbocycles. The van der Waals surface area contributed by atoms with Gasteiger partial charge >= 0.3 is 0 Å². The summed E-state index contributed by atoms with van der Waals surface area (Å²) in [6.07, 6.45) is 0. The van der Waals surface area contributed by atoms with E-state index >= 15 is 0 Å². The predicted octanol–water partition coefficient (Wildman–Crippen LogP) is 2.48. The van der Waals surface area contributed by atoms with Crippen LogP contribution in [0.25, 0.3) is 0 Å². The third-order valence-electron chi connectivity index (χ3n) is 3.31. The summed E-state index contributed by atoms with van der Waals surface area (Å²) in [7, 11) is 0. The molecule has 2 unspecified atom stereocenters. The Morgan fingerprint density at radius 3 is 2.40 bits per heavy atom. The van der Waals surface area contributed by atoms with Gasteiger partial charge in [-0.1, -0.05) is 30.3 Å². The molecule has 0 fully saturated rings. The van der Waals surface area contributed by atoms with Crippen molar-refractivity contribution in [2.45, 2.75) is 19.0 Å². The maximum absolute atomic E-state index is 9.85. The smallest absolute Gasteiger partial charge is 0.120 e. The van der Waals surface area contributed by atoms with E-state index in [2.05, 4.69) is 5.32 Å². The monoisotopic (exact) mass is 273 g/mol. The molecule has 0 bridgehead atoms. The van der Waals surface area contributed by atoms with Crippen molar-refractivity contribution >= 4 is 0 Å². The van der Waals surface area contributed by atoms with Crippen LogP contribution in [0.15, 0.2) is 48.5 Å². The number of nitrogens with one attached hydrogen (secondary N) is 1. The van der Waals surface area contributed by atoms with Crippen LogP contribution in [0.2, 0.25) is 0 Å². The van der Waals surface area contributed by atoms with E-state index in [-0.39, 0.29) is 30.2 Å². The molecule has 0 aromatic heterocycles. The van der Waals surface area contributed by atoms with Crippen LogP contribution in [0, 0.1) is 0 Å². The molecular formula is C16H19NO3. The van der Waals surface area contributed by atoms with E-state index < -0.39 is 0 Å². The SMILES string of the molecule is CC(NC(CO)c1ccccc1)c1cc(O)ccc1O. The average molecular weight is 273 g/mol. The lowest BCUT2D eigenvalue weighted by Gasteiger charge is -2.23. The number of phenols is 2. The number of hydrogen-bond acceptors (Lipinski definition) is 4. The van der Waals surface area contributed by atoms with Crippen LogP contribution in [-0.2, 0) is 0 Å². The standard InChI is InChI=1S/C16H19NO3/c1-11(14-9-13(19)7-8-16(14)20)17-15(10-18)12-5-3-2-4-6-12/h2-9,11,15,17-20H,10H2,1H3. The average Bonchev–Trinajstić information content (AvgIpc) is 2.48. The lowest BCUT2D eigenvalue weighted by atomic mass is 10.0. The predicted molar refractivity (Wildman–Crippen MR) is 77.6 cm³/mol. The van der Waals surface area contributed by atoms with E-state index in [1.165, 1.54) is 18.2 Å². The Bertz CT molecular complexity index is 557. The molecule has 0 aliphatic rings. The largest absolute Gasteiger partial charge is 0.508 e. The highest BCUT2D eigenvalue weighted by Crippen LogP contribution is 2.29. The minimum atomic E-state index is -0.229. The quantitative estimate of drug-likeness (QED) is 0.632. The topological polar surface area (TPSA) is 72.7 Å². The molecule has 4 heteroatoms. The van der Waals surface area contributed by atoms with E-state index in [9.17, 15) is 15.3 Å². The minimum Gasteiger partial charge on any atom is -0.508 e. The summed E-state index contributed by atoms with van der Waals surface area (Å²) in [6.45, 7) is 1.83. The van der Waals surface area contributed by atoms with Gasteiger partial charge in [0.15, 0.2) is 0 Å². The Morgan fingerprint density at radius 1 is 1.05 bits per heavy atom. The highest BCUT2D eigenvalue weighted by molar-refractivity contribution is 5.40. The normalized spacial score (nSPS) is 13.9. The second-order valence-electron chi connectivity index (χ2n) is 4.78. The molecule has 106 valence electrons. The molecule has 0 saturated carbocycles. The first-order valence-electron chi connectivity index (χ1n) is 6.55. The van der Waals surface area contributed by atoms with Gasteiger partial charge < -0.3 is 20.6 Å². The molecule has 0 aliphatic carbocycles. The third kappa shape index (κ3) is 3.29. The van der Waals surface area contributed by atoms with Crippen molar-refractivity contribution in [2.75, 3.05) is 6.61 Å². The molecule has 0 radical (unpaired) electrons. The summed E-state index contributed by atoms with van der Waals surface area (Å²) < 4.78 is 0. The van der Waals surface area contributed by atoms with Crippen LogP contribution < -0.4 is 5.32 Å². The first-order chi connectivity index (χ1) is 9.61. The number of hydrogen-bond donors (Lipinski definition) is 4. The van der Waals surface area contributed by atoms with Crippen LogP contribution in [0.1, 0.15) is 30.1 Å². The zero-order valence-corrected chi connectivity index (χ0v) is 11.3. The summed E-state index contributed by atoms with van der Waals surface area (Å²) in [5.41, 5.74) is 1.57. The number of rotatable bonds is 5. The van der Waals surface area contributed by atoms with E-state index in [4.69, 9.17) is 0 Å². The fourth-order valence-corrected chi connectivity index (χ4v) is 2.22. The van der Waals surface area contributed by atoms with E-state index in [1.54, 1.807) is 0 Å². The van der Waals surface area contributed by atoms with E-state index in [1.807, 2.05) is 37.3 Å². The van der Waals surface area contributed by atoms with Crippen LogP contribution in [0.5, 0.6) is 11.5 Å². The Morgan fingerprint density at radius 2 is 1.75 bits per heavy atom. The third-order valence-corrected chi connectivity index (χ3v) is 3.31. The summed E-state index contributed by atoms with van der Waals surface area (Å²) >= 11 is 0. The van der Waals surface area contributed by atoms with Gasteiger partial charge in [-0.25, -0.2) is 0 Å². The number of aromatic hydroxyl groups is 2. The first kappa shape index (κ1) is 14.4. The van der Waals surface area contributed by atoms with Gasteiger partial charge in [-0.15, -0.1) is 0 Å². The van der Waals surface area contributed by atoms with Gasteiger partial charge in [-0.05, 0) is 30.7 Å². The molecule has 4 N–H and O–H groups in total. The minimum absolute atomic E-state index is 0.0477. The van der Waals surface area contributed by atoms with Crippen molar-refractivity contribution in [1.29, 1.82) is 0 Å². The molecule has 2 rings (SSSR count). The summed E-state index contributed by atoms with van der Waals surface area (Å²) in [4.78, 5) is 0. The van der Waals surface area contributed by atoms with Crippen LogP contribution in [-0.4, -0.2) is 21.9 Å². The van der Waals surface area contributed by atoms with Gasteiger partial charge in [0, 0.05) is 11.6 Å². The molecule has 20 heavy (non-hydrogen) atoms. The maximum Gasteiger partial charge on any atom is 0.120 e. The Balaban J connectivity index is 2.17. The maximum atomic E-state index is 9.85. The number of aliphatic hydroxyl groups is 1. The molecule has 2 atom stereocenters. The van der Waals surface area contributed by atoms with Crippen LogP contribution >= 0.6 is 0 Å². The lowest BCUT2D eigenvalue weighted by molar-refractivity contribution is 0.234. The van der Waals surface area contributed by atoms with Gasteiger partial charge in [-0.3, -0.25) is 0 Å². The first-order valence-corrected chi connectivity index (χ1v) is 6.55. The Labute approximate surface area is 118 Å². The Kier molecular flexibility index (Phi) is 4.61.